The van der Waals surface area contributed by atoms with Crippen LogP contribution in [-0.2, 0) is 6.42 Å². The summed E-state index contributed by atoms with van der Waals surface area (Å²) in [6.45, 7) is 4.29. The molecule has 2 heterocycles. The summed E-state index contributed by atoms with van der Waals surface area (Å²) < 4.78 is 1.86. The second-order valence-corrected chi connectivity index (χ2v) is 5.26. The molecule has 1 unspecified atom stereocenters. The molecule has 1 aliphatic rings. The molecule has 19 heavy (non-hydrogen) atoms. The van der Waals surface area contributed by atoms with Crippen molar-refractivity contribution in [1.29, 1.82) is 0 Å². The molecule has 2 aromatic rings. The Balaban J connectivity index is 1.79. The van der Waals surface area contributed by atoms with Crippen molar-refractivity contribution in [3.8, 4) is 5.69 Å². The van der Waals surface area contributed by atoms with Gasteiger partial charge in [-0.2, -0.15) is 4.68 Å². The molecule has 1 aromatic heterocycles. The highest BCUT2D eigenvalue weighted by Gasteiger charge is 2.17. The van der Waals surface area contributed by atoms with Crippen LogP contribution in [0.15, 0.2) is 24.3 Å². The summed E-state index contributed by atoms with van der Waals surface area (Å²) in [6.07, 6.45) is 3.44. The maximum Gasteiger partial charge on any atom is 0.157 e. The highest BCUT2D eigenvalue weighted by Crippen LogP contribution is 2.17. The van der Waals surface area contributed by atoms with Crippen molar-refractivity contribution in [2.45, 2.75) is 26.2 Å². The van der Waals surface area contributed by atoms with Gasteiger partial charge in [0, 0.05) is 6.42 Å². The van der Waals surface area contributed by atoms with Crippen LogP contribution in [0.2, 0.25) is 0 Å². The van der Waals surface area contributed by atoms with Crippen molar-refractivity contribution in [1.82, 2.24) is 25.5 Å². The molecule has 0 amide bonds. The first kappa shape index (κ1) is 12.3. The van der Waals surface area contributed by atoms with Crippen LogP contribution in [0.5, 0.6) is 0 Å². The van der Waals surface area contributed by atoms with Crippen molar-refractivity contribution in [2.24, 2.45) is 5.92 Å². The van der Waals surface area contributed by atoms with Crippen molar-refractivity contribution in [3.05, 3.63) is 35.7 Å². The predicted molar refractivity (Wildman–Crippen MR) is 73.2 cm³/mol. The van der Waals surface area contributed by atoms with Gasteiger partial charge in [-0.05, 0) is 61.3 Å². The topological polar surface area (TPSA) is 55.6 Å². The highest BCUT2D eigenvalue weighted by atomic mass is 15.5. The monoisotopic (exact) mass is 257 g/mol. The third-order valence-corrected chi connectivity index (χ3v) is 3.68. The van der Waals surface area contributed by atoms with Crippen molar-refractivity contribution in [3.63, 3.8) is 0 Å². The Hall–Kier alpha value is -1.75. The van der Waals surface area contributed by atoms with Crippen molar-refractivity contribution >= 4 is 0 Å². The second-order valence-electron chi connectivity index (χ2n) is 5.26. The van der Waals surface area contributed by atoms with Crippen LogP contribution in [0.3, 0.4) is 0 Å². The molecule has 0 saturated carbocycles. The molecule has 1 saturated heterocycles. The molecule has 5 nitrogen and oxygen atoms in total. The van der Waals surface area contributed by atoms with Gasteiger partial charge in [0.05, 0.1) is 5.69 Å². The summed E-state index contributed by atoms with van der Waals surface area (Å²) in [6, 6.07) is 8.30. The number of nitrogens with zero attached hydrogens (tertiary/aromatic N) is 4. The fraction of sp³-hybridized carbons (Fsp3) is 0.500. The maximum atomic E-state index is 4.18. The maximum absolute atomic E-state index is 4.18. The van der Waals surface area contributed by atoms with Gasteiger partial charge in [0.1, 0.15) is 0 Å². The minimum Gasteiger partial charge on any atom is -0.316 e. The first-order chi connectivity index (χ1) is 9.33. The van der Waals surface area contributed by atoms with E-state index in [1.54, 1.807) is 0 Å². The van der Waals surface area contributed by atoms with E-state index in [0.717, 1.165) is 31.0 Å². The standard InChI is InChI=1S/C14H19N5/c1-11-4-6-13(7-5-11)19-14(16-17-18-19)9-12-3-2-8-15-10-12/h4-7,12,15H,2-3,8-10H2,1H3. The molecule has 1 N–H and O–H groups in total. The fourth-order valence-electron chi connectivity index (χ4n) is 2.58. The van der Waals surface area contributed by atoms with Gasteiger partial charge in [0.2, 0.25) is 0 Å². The van der Waals surface area contributed by atoms with E-state index >= 15 is 0 Å². The molecule has 1 aromatic carbocycles. The summed E-state index contributed by atoms with van der Waals surface area (Å²) in [5, 5.41) is 15.6. The van der Waals surface area contributed by atoms with Gasteiger partial charge in [0.15, 0.2) is 5.82 Å². The number of tetrazole rings is 1. The van der Waals surface area contributed by atoms with Gasteiger partial charge in [-0.25, -0.2) is 0 Å². The molecule has 3 rings (SSSR count). The Bertz CT molecular complexity index is 525. The molecular formula is C14H19N5. The van der Waals surface area contributed by atoms with E-state index in [-0.39, 0.29) is 0 Å². The van der Waals surface area contributed by atoms with Gasteiger partial charge in [0.25, 0.3) is 0 Å². The normalized spacial score (nSPS) is 19.5. The van der Waals surface area contributed by atoms with Crippen LogP contribution < -0.4 is 5.32 Å². The smallest absolute Gasteiger partial charge is 0.157 e. The SMILES string of the molecule is Cc1ccc(-n2nnnc2CC2CCCNC2)cc1. The van der Waals surface area contributed by atoms with E-state index in [1.165, 1.54) is 18.4 Å². The third-order valence-electron chi connectivity index (χ3n) is 3.68. The number of benzene rings is 1. The zero-order valence-corrected chi connectivity index (χ0v) is 11.2. The molecule has 0 radical (unpaired) electrons. The molecule has 1 aliphatic heterocycles. The van der Waals surface area contributed by atoms with Crippen molar-refractivity contribution < 1.29 is 0 Å². The van der Waals surface area contributed by atoms with Gasteiger partial charge in [-0.15, -0.1) is 5.10 Å². The number of rotatable bonds is 3. The summed E-state index contributed by atoms with van der Waals surface area (Å²) >= 11 is 0. The molecule has 100 valence electrons. The number of nitrogens with one attached hydrogen (secondary N) is 1. The number of aromatic nitrogens is 4. The lowest BCUT2D eigenvalue weighted by Crippen LogP contribution is -2.31. The predicted octanol–water partition coefficient (Wildman–Crippen LogP) is 1.51. The summed E-state index contributed by atoms with van der Waals surface area (Å²) in [5.41, 5.74) is 2.28. The Morgan fingerprint density at radius 2 is 2.16 bits per heavy atom. The summed E-state index contributed by atoms with van der Waals surface area (Å²) in [4.78, 5) is 0. The molecule has 0 aliphatic carbocycles. The van der Waals surface area contributed by atoms with Gasteiger partial charge in [-0.1, -0.05) is 17.7 Å². The zero-order valence-electron chi connectivity index (χ0n) is 11.2. The number of piperidine rings is 1. The lowest BCUT2D eigenvalue weighted by atomic mass is 9.96. The summed E-state index contributed by atoms with van der Waals surface area (Å²) in [7, 11) is 0. The van der Waals surface area contributed by atoms with E-state index in [2.05, 4.69) is 52.0 Å². The zero-order chi connectivity index (χ0) is 13.1. The van der Waals surface area contributed by atoms with Crippen LogP contribution in [0.1, 0.15) is 24.2 Å². The molecular weight excluding hydrogens is 238 g/mol. The Labute approximate surface area is 113 Å². The molecule has 1 fully saturated rings. The molecule has 5 heteroatoms. The van der Waals surface area contributed by atoms with Crippen LogP contribution >= 0.6 is 0 Å². The number of hydrogen-bond donors (Lipinski definition) is 1. The first-order valence-electron chi connectivity index (χ1n) is 6.88. The minimum absolute atomic E-state index is 0.643. The van der Waals surface area contributed by atoms with Gasteiger partial charge >= 0.3 is 0 Å². The average molecular weight is 257 g/mol. The lowest BCUT2D eigenvalue weighted by Gasteiger charge is -2.21. The minimum atomic E-state index is 0.643. The Morgan fingerprint density at radius 3 is 2.89 bits per heavy atom. The summed E-state index contributed by atoms with van der Waals surface area (Å²) in [5.74, 6) is 1.60. The number of hydrogen-bond acceptors (Lipinski definition) is 4. The lowest BCUT2D eigenvalue weighted by molar-refractivity contribution is 0.368. The number of aryl methyl sites for hydroxylation is 1. The van der Waals surface area contributed by atoms with E-state index in [9.17, 15) is 0 Å². The molecule has 0 spiro atoms. The van der Waals surface area contributed by atoms with E-state index in [0.29, 0.717) is 5.92 Å². The van der Waals surface area contributed by atoms with Gasteiger partial charge in [-0.3, -0.25) is 0 Å². The van der Waals surface area contributed by atoms with Crippen LogP contribution in [0, 0.1) is 12.8 Å². The third kappa shape index (κ3) is 2.81. The molecule has 1 atom stereocenters. The first-order valence-corrected chi connectivity index (χ1v) is 6.88. The largest absolute Gasteiger partial charge is 0.316 e. The van der Waals surface area contributed by atoms with E-state index in [4.69, 9.17) is 0 Å². The fourth-order valence-corrected chi connectivity index (χ4v) is 2.58. The second kappa shape index (κ2) is 5.48. The quantitative estimate of drug-likeness (QED) is 0.905. The molecule has 0 bridgehead atoms. The van der Waals surface area contributed by atoms with Crippen LogP contribution in [0.25, 0.3) is 5.69 Å². The van der Waals surface area contributed by atoms with Crippen molar-refractivity contribution in [2.75, 3.05) is 13.1 Å². The van der Waals surface area contributed by atoms with Crippen LogP contribution in [-0.4, -0.2) is 33.3 Å². The van der Waals surface area contributed by atoms with Gasteiger partial charge < -0.3 is 5.32 Å². The van der Waals surface area contributed by atoms with E-state index < -0.39 is 0 Å². The van der Waals surface area contributed by atoms with Crippen LogP contribution in [0.4, 0.5) is 0 Å². The highest BCUT2D eigenvalue weighted by molar-refractivity contribution is 5.33. The van der Waals surface area contributed by atoms with E-state index in [1.807, 2.05) is 4.68 Å². The Morgan fingerprint density at radius 1 is 1.32 bits per heavy atom. The Kier molecular flexibility index (Phi) is 3.55. The average Bonchev–Trinajstić information content (AvgIpc) is 2.89.